The van der Waals surface area contributed by atoms with Crippen molar-refractivity contribution in [1.29, 1.82) is 0 Å². The smallest absolute Gasteiger partial charge is 0.191 e. The summed E-state index contributed by atoms with van der Waals surface area (Å²) in [4.78, 5) is 7.21. The molecule has 0 amide bonds. The molecule has 0 bridgehead atoms. The number of halogens is 1. The Morgan fingerprint density at radius 1 is 1.21 bits per heavy atom. The number of nitrogens with zero attached hydrogens (tertiary/aromatic N) is 2. The van der Waals surface area contributed by atoms with Crippen molar-refractivity contribution in [3.05, 3.63) is 54.0 Å². The molecule has 0 aliphatic carbocycles. The van der Waals surface area contributed by atoms with Crippen molar-refractivity contribution in [2.75, 3.05) is 33.3 Å². The third kappa shape index (κ3) is 6.41. The average Bonchev–Trinajstić information content (AvgIpc) is 3.41. The zero-order valence-corrected chi connectivity index (χ0v) is 19.0. The molecule has 7 heteroatoms. The van der Waals surface area contributed by atoms with Gasteiger partial charge in [0.15, 0.2) is 5.96 Å². The molecule has 6 nitrogen and oxygen atoms in total. The highest BCUT2D eigenvalue weighted by Gasteiger charge is 2.25. The maximum absolute atomic E-state index is 5.70. The van der Waals surface area contributed by atoms with Crippen molar-refractivity contribution >= 4 is 29.9 Å². The Hall–Kier alpha value is -1.74. The number of likely N-dealkylation sites (tertiary alicyclic amines) is 1. The maximum Gasteiger partial charge on any atom is 0.191 e. The summed E-state index contributed by atoms with van der Waals surface area (Å²) in [5.41, 5.74) is 1.12. The molecule has 1 aromatic heterocycles. The highest BCUT2D eigenvalue weighted by Crippen LogP contribution is 2.24. The molecule has 0 spiro atoms. The highest BCUT2D eigenvalue weighted by molar-refractivity contribution is 14.0. The zero-order chi connectivity index (χ0) is 18.9. The number of nitrogens with one attached hydrogen (secondary N) is 2. The molecule has 1 unspecified atom stereocenters. The third-order valence-electron chi connectivity index (χ3n) is 4.81. The quantitative estimate of drug-likeness (QED) is 0.330. The number of ether oxygens (including phenoxy) is 1. The van der Waals surface area contributed by atoms with Crippen LogP contribution in [0.4, 0.5) is 0 Å². The van der Waals surface area contributed by atoms with Gasteiger partial charge in [0, 0.05) is 13.1 Å². The van der Waals surface area contributed by atoms with Crippen molar-refractivity contribution < 1.29 is 9.15 Å². The average molecular weight is 498 g/mol. The molecule has 3 rings (SSSR count). The van der Waals surface area contributed by atoms with Gasteiger partial charge in [0.1, 0.15) is 11.5 Å². The van der Waals surface area contributed by atoms with E-state index in [4.69, 9.17) is 14.1 Å². The molecule has 1 aromatic carbocycles. The molecule has 1 fully saturated rings. The van der Waals surface area contributed by atoms with Crippen LogP contribution in [-0.4, -0.2) is 44.1 Å². The van der Waals surface area contributed by atoms with Crippen LogP contribution in [0, 0.1) is 0 Å². The van der Waals surface area contributed by atoms with Crippen molar-refractivity contribution in [1.82, 2.24) is 15.5 Å². The molecule has 1 aliphatic heterocycles. The minimum absolute atomic E-state index is 0. The topological polar surface area (TPSA) is 62.0 Å². The highest BCUT2D eigenvalue weighted by atomic mass is 127. The second kappa shape index (κ2) is 12.0. The van der Waals surface area contributed by atoms with Crippen LogP contribution in [0.5, 0.6) is 5.75 Å². The monoisotopic (exact) mass is 498 g/mol. The Balaban J connectivity index is 0.00000280. The number of methoxy groups -OCH3 is 1. The lowest BCUT2D eigenvalue weighted by atomic mass is 10.2. The summed E-state index contributed by atoms with van der Waals surface area (Å²) in [6, 6.07) is 12.3. The minimum Gasteiger partial charge on any atom is -0.497 e. The summed E-state index contributed by atoms with van der Waals surface area (Å²) in [5.74, 6) is 2.68. The molecular formula is C21H31IN4O2. The number of rotatable bonds is 8. The second-order valence-electron chi connectivity index (χ2n) is 6.70. The largest absolute Gasteiger partial charge is 0.497 e. The van der Waals surface area contributed by atoms with Crippen molar-refractivity contribution in [2.24, 2.45) is 4.99 Å². The first-order chi connectivity index (χ1) is 13.3. The SMILES string of the molecule is CCNC(=NCc1cccc(OC)c1)NCC(c1ccco1)N1CCCC1.I. The van der Waals surface area contributed by atoms with Crippen LogP contribution in [0.15, 0.2) is 52.1 Å². The Labute approximate surface area is 184 Å². The Morgan fingerprint density at radius 3 is 2.71 bits per heavy atom. The predicted molar refractivity (Wildman–Crippen MR) is 123 cm³/mol. The van der Waals surface area contributed by atoms with Gasteiger partial charge in [0.25, 0.3) is 0 Å². The molecule has 0 saturated carbocycles. The fraction of sp³-hybridized carbons (Fsp3) is 0.476. The first-order valence-electron chi connectivity index (χ1n) is 9.72. The van der Waals surface area contributed by atoms with E-state index in [1.807, 2.05) is 24.3 Å². The van der Waals surface area contributed by atoms with E-state index in [1.165, 1.54) is 12.8 Å². The normalized spacial score (nSPS) is 15.7. The van der Waals surface area contributed by atoms with Crippen molar-refractivity contribution in [3.63, 3.8) is 0 Å². The fourth-order valence-electron chi connectivity index (χ4n) is 3.42. The molecule has 2 N–H and O–H groups in total. The molecule has 2 aromatic rings. The third-order valence-corrected chi connectivity index (χ3v) is 4.81. The van der Waals surface area contributed by atoms with E-state index >= 15 is 0 Å². The van der Waals surface area contributed by atoms with E-state index in [2.05, 4.69) is 34.6 Å². The van der Waals surface area contributed by atoms with Crippen LogP contribution in [0.1, 0.15) is 37.1 Å². The summed E-state index contributed by atoms with van der Waals surface area (Å²) >= 11 is 0. The summed E-state index contributed by atoms with van der Waals surface area (Å²) in [6.45, 7) is 6.49. The summed E-state index contributed by atoms with van der Waals surface area (Å²) in [5, 5.41) is 6.82. The summed E-state index contributed by atoms with van der Waals surface area (Å²) in [7, 11) is 1.68. The van der Waals surface area contributed by atoms with Crippen LogP contribution >= 0.6 is 24.0 Å². The summed E-state index contributed by atoms with van der Waals surface area (Å²) < 4.78 is 11.0. The molecule has 1 aliphatic rings. The van der Waals surface area contributed by atoms with Crippen LogP contribution in [-0.2, 0) is 6.54 Å². The van der Waals surface area contributed by atoms with Crippen molar-refractivity contribution in [3.8, 4) is 5.75 Å². The molecule has 2 heterocycles. The van der Waals surface area contributed by atoms with Gasteiger partial charge in [-0.05, 0) is 62.7 Å². The van der Waals surface area contributed by atoms with Crippen molar-refractivity contribution in [2.45, 2.75) is 32.4 Å². The van der Waals surface area contributed by atoms with Gasteiger partial charge in [0.05, 0.1) is 26.0 Å². The molecule has 28 heavy (non-hydrogen) atoms. The number of aliphatic imine (C=N–C) groups is 1. The van der Waals surface area contributed by atoms with E-state index in [0.29, 0.717) is 6.54 Å². The molecule has 1 saturated heterocycles. The molecular weight excluding hydrogens is 467 g/mol. The lowest BCUT2D eigenvalue weighted by Gasteiger charge is -2.26. The number of benzene rings is 1. The lowest BCUT2D eigenvalue weighted by Crippen LogP contribution is -2.42. The van der Waals surface area contributed by atoms with Gasteiger partial charge in [-0.25, -0.2) is 4.99 Å². The van der Waals surface area contributed by atoms with Gasteiger partial charge in [-0.1, -0.05) is 12.1 Å². The van der Waals surface area contributed by atoms with Gasteiger partial charge >= 0.3 is 0 Å². The predicted octanol–water partition coefficient (Wildman–Crippen LogP) is 3.80. The van der Waals surface area contributed by atoms with Gasteiger partial charge in [-0.15, -0.1) is 24.0 Å². The number of hydrogen-bond acceptors (Lipinski definition) is 4. The van der Waals surface area contributed by atoms with Gasteiger partial charge in [-0.3, -0.25) is 4.90 Å². The zero-order valence-electron chi connectivity index (χ0n) is 16.7. The Kier molecular flexibility index (Phi) is 9.63. The van der Waals surface area contributed by atoms with Gasteiger partial charge in [0.2, 0.25) is 0 Å². The van der Waals surface area contributed by atoms with Crippen LogP contribution in [0.2, 0.25) is 0 Å². The second-order valence-corrected chi connectivity index (χ2v) is 6.70. The number of furan rings is 1. The Morgan fingerprint density at radius 2 is 2.04 bits per heavy atom. The van der Waals surface area contributed by atoms with E-state index in [0.717, 1.165) is 49.2 Å². The minimum atomic E-state index is 0. The fourth-order valence-corrected chi connectivity index (χ4v) is 3.42. The first-order valence-corrected chi connectivity index (χ1v) is 9.72. The number of hydrogen-bond donors (Lipinski definition) is 2. The number of guanidine groups is 1. The van der Waals surface area contributed by atoms with Gasteiger partial charge < -0.3 is 19.8 Å². The Bertz CT molecular complexity index is 715. The standard InChI is InChI=1S/C21H30N4O2.HI/c1-3-22-21(23-15-17-8-6-9-18(14-17)26-2)24-16-19(20-10-7-13-27-20)25-11-4-5-12-25;/h6-10,13-14,19H,3-5,11-12,15-16H2,1-2H3,(H2,22,23,24);1H. The molecule has 154 valence electrons. The molecule has 1 atom stereocenters. The maximum atomic E-state index is 5.70. The van der Waals surface area contributed by atoms with Crippen LogP contribution in [0.3, 0.4) is 0 Å². The van der Waals surface area contributed by atoms with E-state index in [-0.39, 0.29) is 30.0 Å². The summed E-state index contributed by atoms with van der Waals surface area (Å²) in [6.07, 6.45) is 4.25. The van der Waals surface area contributed by atoms with Gasteiger partial charge in [-0.2, -0.15) is 0 Å². The van der Waals surface area contributed by atoms with E-state index in [9.17, 15) is 0 Å². The van der Waals surface area contributed by atoms with Crippen LogP contribution < -0.4 is 15.4 Å². The van der Waals surface area contributed by atoms with Crippen LogP contribution in [0.25, 0.3) is 0 Å². The first kappa shape index (κ1) is 22.5. The van der Waals surface area contributed by atoms with E-state index < -0.39 is 0 Å². The van der Waals surface area contributed by atoms with E-state index in [1.54, 1.807) is 13.4 Å². The lowest BCUT2D eigenvalue weighted by molar-refractivity contribution is 0.215. The molecule has 0 radical (unpaired) electrons.